The first-order valence-corrected chi connectivity index (χ1v) is 6.00. The highest BCUT2D eigenvalue weighted by Crippen LogP contribution is 2.23. The molecule has 0 saturated heterocycles. The van der Waals surface area contributed by atoms with Gasteiger partial charge in [0.25, 0.3) is 5.56 Å². The number of pyridine rings is 1. The second-order valence-electron chi connectivity index (χ2n) is 4.47. The van der Waals surface area contributed by atoms with Gasteiger partial charge in [-0.05, 0) is 6.07 Å². The third-order valence-electron chi connectivity index (χ3n) is 3.13. The van der Waals surface area contributed by atoms with Crippen LogP contribution in [0.4, 0.5) is 11.5 Å². The molecule has 0 aliphatic carbocycles. The monoisotopic (exact) mass is 254 g/mol. The van der Waals surface area contributed by atoms with Gasteiger partial charge in [0, 0.05) is 37.8 Å². The maximum Gasteiger partial charge on any atom is 0.252 e. The number of benzene rings is 1. The summed E-state index contributed by atoms with van der Waals surface area (Å²) in [6.07, 6.45) is 1.85. The van der Waals surface area contributed by atoms with Gasteiger partial charge in [-0.1, -0.05) is 18.2 Å². The number of rotatable bonds is 2. The van der Waals surface area contributed by atoms with Crippen LogP contribution in [0.1, 0.15) is 0 Å². The summed E-state index contributed by atoms with van der Waals surface area (Å²) in [4.78, 5) is 11.9. The van der Waals surface area contributed by atoms with Gasteiger partial charge in [0.2, 0.25) is 0 Å². The first kappa shape index (κ1) is 11.5. The Kier molecular flexibility index (Phi) is 2.59. The van der Waals surface area contributed by atoms with Crippen molar-refractivity contribution in [2.75, 3.05) is 5.32 Å². The zero-order chi connectivity index (χ0) is 13.4. The Morgan fingerprint density at radius 1 is 1.16 bits per heavy atom. The minimum absolute atomic E-state index is 0.0443. The van der Waals surface area contributed by atoms with Gasteiger partial charge in [0.1, 0.15) is 0 Å². The van der Waals surface area contributed by atoms with Crippen LogP contribution >= 0.6 is 0 Å². The molecule has 1 N–H and O–H groups in total. The van der Waals surface area contributed by atoms with Crippen molar-refractivity contribution in [2.45, 2.75) is 0 Å². The molecule has 0 fully saturated rings. The van der Waals surface area contributed by atoms with Gasteiger partial charge < -0.3 is 9.88 Å². The van der Waals surface area contributed by atoms with E-state index in [2.05, 4.69) is 10.4 Å². The number of hydrogen-bond acceptors (Lipinski definition) is 3. The Labute approximate surface area is 110 Å². The predicted octanol–water partition coefficient (Wildman–Crippen LogP) is 2.02. The summed E-state index contributed by atoms with van der Waals surface area (Å²) in [5.41, 5.74) is 1.63. The topological polar surface area (TPSA) is 51.9 Å². The van der Waals surface area contributed by atoms with Crippen molar-refractivity contribution in [3.63, 3.8) is 0 Å². The summed E-state index contributed by atoms with van der Waals surface area (Å²) in [5, 5.41) is 8.45. The van der Waals surface area contributed by atoms with Crippen LogP contribution in [-0.4, -0.2) is 14.3 Å². The van der Waals surface area contributed by atoms with Crippen LogP contribution in [0.2, 0.25) is 0 Å². The first-order chi connectivity index (χ1) is 9.15. The summed E-state index contributed by atoms with van der Waals surface area (Å²) < 4.78 is 3.35. The fraction of sp³-hybridized carbons (Fsp3) is 0.143. The molecule has 0 bridgehead atoms. The molecule has 2 aromatic heterocycles. The van der Waals surface area contributed by atoms with E-state index >= 15 is 0 Å². The highest BCUT2D eigenvalue weighted by molar-refractivity contribution is 5.92. The Morgan fingerprint density at radius 2 is 1.95 bits per heavy atom. The molecule has 0 spiro atoms. The molecule has 0 saturated carbocycles. The zero-order valence-corrected chi connectivity index (χ0v) is 10.8. The molecule has 5 heteroatoms. The van der Waals surface area contributed by atoms with Crippen molar-refractivity contribution in [3.8, 4) is 0 Å². The molecule has 0 unspecified atom stereocenters. The third-order valence-corrected chi connectivity index (χ3v) is 3.13. The lowest BCUT2D eigenvalue weighted by Crippen LogP contribution is -2.16. The van der Waals surface area contributed by atoms with Crippen LogP contribution in [0, 0.1) is 0 Å². The second kappa shape index (κ2) is 4.28. The molecule has 1 aromatic carbocycles. The summed E-state index contributed by atoms with van der Waals surface area (Å²) in [7, 11) is 3.63. The smallest absolute Gasteiger partial charge is 0.252 e. The lowest BCUT2D eigenvalue weighted by molar-refractivity contribution is 0.771. The second-order valence-corrected chi connectivity index (χ2v) is 4.47. The van der Waals surface area contributed by atoms with E-state index in [4.69, 9.17) is 0 Å². The van der Waals surface area contributed by atoms with Gasteiger partial charge in [-0.15, -0.1) is 0 Å². The van der Waals surface area contributed by atoms with Crippen molar-refractivity contribution in [1.82, 2.24) is 14.3 Å². The van der Waals surface area contributed by atoms with E-state index < -0.39 is 0 Å². The van der Waals surface area contributed by atoms with Crippen LogP contribution in [0.5, 0.6) is 0 Å². The Bertz CT molecular complexity index is 801. The fourth-order valence-corrected chi connectivity index (χ4v) is 2.13. The fourth-order valence-electron chi connectivity index (χ4n) is 2.13. The van der Waals surface area contributed by atoms with Gasteiger partial charge >= 0.3 is 0 Å². The van der Waals surface area contributed by atoms with Crippen molar-refractivity contribution in [1.29, 1.82) is 0 Å². The molecule has 0 amide bonds. The van der Waals surface area contributed by atoms with Crippen LogP contribution in [-0.2, 0) is 14.1 Å². The molecule has 0 aliphatic heterocycles. The van der Waals surface area contributed by atoms with E-state index in [-0.39, 0.29) is 5.56 Å². The van der Waals surface area contributed by atoms with Crippen LogP contribution < -0.4 is 10.9 Å². The Balaban J connectivity index is 2.18. The molecule has 0 aliphatic rings. The zero-order valence-electron chi connectivity index (χ0n) is 10.8. The molecular formula is C14H14N4O. The number of para-hydroxylation sites is 1. The molecule has 3 rings (SSSR count). The van der Waals surface area contributed by atoms with E-state index in [0.717, 1.165) is 22.4 Å². The van der Waals surface area contributed by atoms with Gasteiger partial charge in [-0.25, -0.2) is 0 Å². The normalized spacial score (nSPS) is 10.8. The number of aryl methyl sites for hydroxylation is 2. The number of hydrogen-bond donors (Lipinski definition) is 1. The third kappa shape index (κ3) is 1.99. The van der Waals surface area contributed by atoms with Crippen molar-refractivity contribution in [3.05, 3.63) is 52.9 Å². The van der Waals surface area contributed by atoms with E-state index in [9.17, 15) is 4.79 Å². The van der Waals surface area contributed by atoms with Crippen molar-refractivity contribution >= 4 is 22.4 Å². The molecule has 5 nitrogen and oxygen atoms in total. The van der Waals surface area contributed by atoms with Crippen LogP contribution in [0.15, 0.2) is 47.4 Å². The average molecular weight is 254 g/mol. The quantitative estimate of drug-likeness (QED) is 0.761. The minimum atomic E-state index is -0.0443. The van der Waals surface area contributed by atoms with Crippen molar-refractivity contribution < 1.29 is 0 Å². The summed E-state index contributed by atoms with van der Waals surface area (Å²) in [5.74, 6) is 0.723. The van der Waals surface area contributed by atoms with Crippen molar-refractivity contribution in [2.24, 2.45) is 14.1 Å². The Hall–Kier alpha value is -2.56. The molecule has 0 radical (unpaired) electrons. The van der Waals surface area contributed by atoms with E-state index in [0.29, 0.717) is 0 Å². The lowest BCUT2D eigenvalue weighted by atomic mass is 10.2. The van der Waals surface area contributed by atoms with Crippen LogP contribution in [0.3, 0.4) is 0 Å². The van der Waals surface area contributed by atoms with Crippen LogP contribution in [0.25, 0.3) is 10.9 Å². The summed E-state index contributed by atoms with van der Waals surface area (Å²) >= 11 is 0. The first-order valence-electron chi connectivity index (χ1n) is 6.00. The highest BCUT2D eigenvalue weighted by atomic mass is 16.1. The van der Waals surface area contributed by atoms with E-state index in [1.54, 1.807) is 22.4 Å². The van der Waals surface area contributed by atoms with Gasteiger partial charge in [-0.3, -0.25) is 9.48 Å². The number of fused-ring (bicyclic) bond motifs is 1. The number of nitrogens with zero attached hydrogens (tertiary/aromatic N) is 3. The molecule has 96 valence electrons. The number of anilines is 2. The number of aromatic nitrogens is 3. The van der Waals surface area contributed by atoms with E-state index in [1.165, 1.54) is 0 Å². The predicted molar refractivity (Wildman–Crippen MR) is 75.7 cm³/mol. The standard InChI is InChI=1S/C14H14N4O/c1-17-8-7-13(16-17)15-11-9-14(19)18(2)12-6-4-3-5-10(11)12/h3-9H,1-2H3,(H,15,16). The van der Waals surface area contributed by atoms with Gasteiger partial charge in [0.15, 0.2) is 5.82 Å². The molecular weight excluding hydrogens is 240 g/mol. The maximum absolute atomic E-state index is 11.9. The average Bonchev–Trinajstić information content (AvgIpc) is 2.81. The molecule has 0 atom stereocenters. The molecule has 3 aromatic rings. The summed E-state index contributed by atoms with van der Waals surface area (Å²) in [6.45, 7) is 0. The SMILES string of the molecule is Cn1ccc(Nc2cc(=O)n(C)c3ccccc23)n1. The Morgan fingerprint density at radius 3 is 2.68 bits per heavy atom. The largest absolute Gasteiger partial charge is 0.338 e. The molecule has 19 heavy (non-hydrogen) atoms. The maximum atomic E-state index is 11.9. The van der Waals surface area contributed by atoms with E-state index in [1.807, 2.05) is 43.6 Å². The number of nitrogens with one attached hydrogen (secondary N) is 1. The van der Waals surface area contributed by atoms with Gasteiger partial charge in [-0.2, -0.15) is 5.10 Å². The minimum Gasteiger partial charge on any atom is -0.338 e. The summed E-state index contributed by atoms with van der Waals surface area (Å²) in [6, 6.07) is 11.3. The molecule has 2 heterocycles. The lowest BCUT2D eigenvalue weighted by Gasteiger charge is -2.10. The van der Waals surface area contributed by atoms with Gasteiger partial charge in [0.05, 0.1) is 11.2 Å². The highest BCUT2D eigenvalue weighted by Gasteiger charge is 2.07.